The van der Waals surface area contributed by atoms with E-state index in [9.17, 15) is 14.4 Å². The van der Waals surface area contributed by atoms with E-state index >= 15 is 0 Å². The molecule has 4 aliphatic rings. The molecule has 194 valence electrons. The van der Waals surface area contributed by atoms with Crippen LogP contribution in [0.4, 0.5) is 0 Å². The van der Waals surface area contributed by atoms with Crippen molar-refractivity contribution in [2.75, 3.05) is 19.8 Å². The minimum atomic E-state index is -0.200. The van der Waals surface area contributed by atoms with Crippen LogP contribution in [-0.4, -0.2) is 54.0 Å². The van der Waals surface area contributed by atoms with Gasteiger partial charge in [-0.05, 0) is 84.5 Å². The molecule has 0 spiro atoms. The zero-order valence-corrected chi connectivity index (χ0v) is 21.8. The van der Waals surface area contributed by atoms with Crippen LogP contribution >= 0.6 is 0 Å². The van der Waals surface area contributed by atoms with E-state index in [4.69, 9.17) is 14.2 Å². The van der Waals surface area contributed by atoms with Crippen molar-refractivity contribution in [1.82, 2.24) is 0 Å². The first-order valence-corrected chi connectivity index (χ1v) is 13.6. The first-order valence-electron chi connectivity index (χ1n) is 13.6. The van der Waals surface area contributed by atoms with Crippen molar-refractivity contribution in [1.29, 1.82) is 0 Å². The summed E-state index contributed by atoms with van der Waals surface area (Å²) < 4.78 is 19.9. The first kappa shape index (κ1) is 27.5. The summed E-state index contributed by atoms with van der Waals surface area (Å²) in [5.41, 5.74) is -0.600. The number of hydrogen-bond donors (Lipinski definition) is 0. The topological polar surface area (TPSA) is 78.9 Å². The molecule has 0 aliphatic heterocycles. The average Bonchev–Trinajstić information content (AvgIpc) is 2.71. The molecule has 6 heteroatoms. The van der Waals surface area contributed by atoms with Crippen LogP contribution in [0.1, 0.15) is 117 Å². The van der Waals surface area contributed by atoms with Gasteiger partial charge in [0.2, 0.25) is 0 Å². The molecule has 0 N–H and O–H groups in total. The third kappa shape index (κ3) is 7.96. The Morgan fingerprint density at radius 2 is 0.853 bits per heavy atom. The maximum atomic E-state index is 11.3. The molecule has 0 heterocycles. The fourth-order valence-electron chi connectivity index (χ4n) is 6.95. The number of ketones is 3. The van der Waals surface area contributed by atoms with Crippen LogP contribution in [-0.2, 0) is 28.6 Å². The molecule has 4 fully saturated rings. The zero-order valence-electron chi connectivity index (χ0n) is 21.8. The molecule has 0 aromatic heterocycles. The molecule has 0 unspecified atom stereocenters. The molecule has 6 nitrogen and oxygen atoms in total. The summed E-state index contributed by atoms with van der Waals surface area (Å²) >= 11 is 0. The van der Waals surface area contributed by atoms with Gasteiger partial charge < -0.3 is 28.6 Å². The van der Waals surface area contributed by atoms with Crippen molar-refractivity contribution in [3.05, 3.63) is 0 Å². The van der Waals surface area contributed by atoms with Crippen LogP contribution < -0.4 is 0 Å². The van der Waals surface area contributed by atoms with Gasteiger partial charge in [-0.25, -0.2) is 0 Å². The van der Waals surface area contributed by atoms with E-state index in [0.717, 1.165) is 77.0 Å². The van der Waals surface area contributed by atoms with Gasteiger partial charge in [-0.1, -0.05) is 0 Å². The highest BCUT2D eigenvalue weighted by atomic mass is 16.5. The Balaban J connectivity index is 1.61. The number of ether oxygens (including phenoxy) is 3. The summed E-state index contributed by atoms with van der Waals surface area (Å²) in [5, 5.41) is 0. The van der Waals surface area contributed by atoms with E-state index in [-0.39, 0.29) is 34.2 Å². The Hall–Kier alpha value is -1.11. The van der Waals surface area contributed by atoms with E-state index in [1.807, 2.05) is 0 Å². The van der Waals surface area contributed by atoms with Gasteiger partial charge in [0, 0.05) is 58.3 Å². The summed E-state index contributed by atoms with van der Waals surface area (Å²) in [4.78, 5) is 33.8. The molecule has 4 aliphatic carbocycles. The zero-order chi connectivity index (χ0) is 24.7. The minimum absolute atomic E-state index is 0.200. The lowest BCUT2D eigenvalue weighted by Gasteiger charge is -2.65. The summed E-state index contributed by atoms with van der Waals surface area (Å²) in [6.45, 7) is 7.00. The maximum absolute atomic E-state index is 11.3. The van der Waals surface area contributed by atoms with Crippen LogP contribution in [0.3, 0.4) is 0 Å². The minimum Gasteiger partial charge on any atom is -0.375 e. The van der Waals surface area contributed by atoms with Crippen LogP contribution in [0.15, 0.2) is 0 Å². The normalized spacial score (nSPS) is 31.7. The molecule has 0 aromatic rings. The molecule has 4 bridgehead atoms. The van der Waals surface area contributed by atoms with Crippen molar-refractivity contribution in [3.8, 4) is 0 Å². The second kappa shape index (κ2) is 12.2. The molecule has 0 radical (unpaired) electrons. The SMILES string of the molecule is CC(=O)CCCCOC12CC3CC(OCCCCC(C)=O)(C1)CC(OCCCCC(C)=O)(C3)C2. The van der Waals surface area contributed by atoms with Gasteiger partial charge in [-0.2, -0.15) is 0 Å². The average molecular weight is 479 g/mol. The van der Waals surface area contributed by atoms with E-state index in [1.54, 1.807) is 20.8 Å². The molecule has 34 heavy (non-hydrogen) atoms. The Morgan fingerprint density at radius 3 is 1.12 bits per heavy atom. The van der Waals surface area contributed by atoms with E-state index in [1.165, 1.54) is 0 Å². The fourth-order valence-corrected chi connectivity index (χ4v) is 6.95. The Morgan fingerprint density at radius 1 is 0.559 bits per heavy atom. The number of hydrogen-bond acceptors (Lipinski definition) is 6. The van der Waals surface area contributed by atoms with Crippen molar-refractivity contribution in [2.45, 2.75) is 134 Å². The number of unbranched alkanes of at least 4 members (excludes halogenated alkanes) is 3. The van der Waals surface area contributed by atoms with Gasteiger partial charge in [0.1, 0.15) is 17.3 Å². The van der Waals surface area contributed by atoms with Gasteiger partial charge in [0.25, 0.3) is 0 Å². The second-order valence-electron chi connectivity index (χ2n) is 11.6. The molecule has 0 amide bonds. The number of carbonyl (C=O) groups is 3. The summed E-state index contributed by atoms with van der Waals surface area (Å²) in [5.74, 6) is 1.26. The molecule has 4 rings (SSSR count). The molecule has 0 atom stereocenters. The Labute approximate surface area is 205 Å². The lowest BCUT2D eigenvalue weighted by molar-refractivity contribution is -0.291. The van der Waals surface area contributed by atoms with Crippen molar-refractivity contribution in [3.63, 3.8) is 0 Å². The lowest BCUT2D eigenvalue weighted by atomic mass is 9.50. The Kier molecular flexibility index (Phi) is 9.88. The standard InChI is InChI=1S/C28H46O6/c1-22(29)10-4-7-13-32-26-16-25-17-27(19-26,33-14-8-5-11-23(2)30)21-28(18-25,20-26)34-15-9-6-12-24(3)31/h25H,4-21H2,1-3H3. The van der Waals surface area contributed by atoms with Gasteiger partial charge >= 0.3 is 0 Å². The second-order valence-corrected chi connectivity index (χ2v) is 11.6. The number of rotatable bonds is 18. The van der Waals surface area contributed by atoms with Crippen molar-refractivity contribution >= 4 is 17.3 Å². The monoisotopic (exact) mass is 478 g/mol. The lowest BCUT2D eigenvalue weighted by Crippen LogP contribution is -2.68. The predicted molar refractivity (Wildman–Crippen MR) is 131 cm³/mol. The fraction of sp³-hybridized carbons (Fsp3) is 0.893. The quantitative estimate of drug-likeness (QED) is 0.241. The predicted octanol–water partition coefficient (Wildman–Crippen LogP) is 5.53. The summed E-state index contributed by atoms with van der Waals surface area (Å²) in [6.07, 6.45) is 13.2. The van der Waals surface area contributed by atoms with Crippen LogP contribution in [0, 0.1) is 5.92 Å². The Bertz CT molecular complexity index is 613. The van der Waals surface area contributed by atoms with Gasteiger partial charge in [0.15, 0.2) is 0 Å². The van der Waals surface area contributed by atoms with Gasteiger partial charge in [0.05, 0.1) is 16.8 Å². The maximum Gasteiger partial charge on any atom is 0.129 e. The third-order valence-corrected chi connectivity index (χ3v) is 7.91. The third-order valence-electron chi connectivity index (χ3n) is 7.91. The molecule has 0 aromatic carbocycles. The van der Waals surface area contributed by atoms with E-state index in [2.05, 4.69) is 0 Å². The first-order chi connectivity index (χ1) is 16.2. The van der Waals surface area contributed by atoms with Gasteiger partial charge in [-0.3, -0.25) is 0 Å². The highest BCUT2D eigenvalue weighted by Crippen LogP contribution is 2.63. The highest BCUT2D eigenvalue weighted by molar-refractivity contribution is 5.75. The highest BCUT2D eigenvalue weighted by Gasteiger charge is 2.65. The molecular formula is C28H46O6. The van der Waals surface area contributed by atoms with E-state index < -0.39 is 0 Å². The smallest absolute Gasteiger partial charge is 0.129 e. The number of Topliss-reactive ketones (excluding diaryl/α,β-unsaturated/α-hetero) is 3. The van der Waals surface area contributed by atoms with Crippen molar-refractivity contribution in [2.24, 2.45) is 5.92 Å². The van der Waals surface area contributed by atoms with Crippen LogP contribution in [0.5, 0.6) is 0 Å². The number of carbonyl (C=O) groups excluding carboxylic acids is 3. The summed E-state index contributed by atoms with van der Waals surface area (Å²) in [6, 6.07) is 0. The largest absolute Gasteiger partial charge is 0.375 e. The van der Waals surface area contributed by atoms with Crippen molar-refractivity contribution < 1.29 is 28.6 Å². The molecule has 0 saturated heterocycles. The van der Waals surface area contributed by atoms with E-state index in [0.29, 0.717) is 45.0 Å². The van der Waals surface area contributed by atoms with Crippen LogP contribution in [0.25, 0.3) is 0 Å². The molecular weight excluding hydrogens is 432 g/mol. The molecule has 4 saturated carbocycles. The van der Waals surface area contributed by atoms with Crippen LogP contribution in [0.2, 0.25) is 0 Å². The summed E-state index contributed by atoms with van der Waals surface area (Å²) in [7, 11) is 0. The van der Waals surface area contributed by atoms with Gasteiger partial charge in [-0.15, -0.1) is 0 Å².